The van der Waals surface area contributed by atoms with Gasteiger partial charge in [-0.25, -0.2) is 4.98 Å². The van der Waals surface area contributed by atoms with Crippen LogP contribution in [0.5, 0.6) is 5.75 Å². The summed E-state index contributed by atoms with van der Waals surface area (Å²) in [5, 5.41) is 18.5. The van der Waals surface area contributed by atoms with Crippen LogP contribution in [0.25, 0.3) is 11.3 Å². The van der Waals surface area contributed by atoms with E-state index in [4.69, 9.17) is 0 Å². The summed E-state index contributed by atoms with van der Waals surface area (Å²) in [5.41, 5.74) is 2.58. The van der Waals surface area contributed by atoms with E-state index in [9.17, 15) is 10.2 Å². The van der Waals surface area contributed by atoms with Gasteiger partial charge in [0.25, 0.3) is 0 Å². The minimum absolute atomic E-state index is 0.168. The molecule has 0 spiro atoms. The zero-order valence-electron chi connectivity index (χ0n) is 11.0. The Morgan fingerprint density at radius 1 is 1.16 bits per heavy atom. The number of hydrogen-bond donors (Lipinski definition) is 2. The summed E-state index contributed by atoms with van der Waals surface area (Å²) < 4.78 is 0. The van der Waals surface area contributed by atoms with E-state index in [-0.39, 0.29) is 18.3 Å². The third-order valence-corrected chi connectivity index (χ3v) is 3.18. The molecule has 0 bridgehead atoms. The van der Waals surface area contributed by atoms with Crippen molar-refractivity contribution in [2.24, 2.45) is 5.92 Å². The van der Waals surface area contributed by atoms with E-state index in [0.29, 0.717) is 0 Å². The summed E-state index contributed by atoms with van der Waals surface area (Å²) in [6.45, 7) is 2.22. The van der Waals surface area contributed by atoms with E-state index in [1.807, 2.05) is 12.1 Å². The molecule has 1 unspecified atom stereocenters. The first-order valence-corrected chi connectivity index (χ1v) is 6.44. The van der Waals surface area contributed by atoms with E-state index in [0.717, 1.165) is 29.8 Å². The van der Waals surface area contributed by atoms with Gasteiger partial charge in [0.05, 0.1) is 17.6 Å². The quantitative estimate of drug-likeness (QED) is 0.864. The fraction of sp³-hybridized carbons (Fsp3) is 0.333. The van der Waals surface area contributed by atoms with Gasteiger partial charge in [0.15, 0.2) is 0 Å². The highest BCUT2D eigenvalue weighted by molar-refractivity contribution is 5.59. The van der Waals surface area contributed by atoms with Gasteiger partial charge in [-0.3, -0.25) is 4.98 Å². The SMILES string of the molecule is CCC(CO)Cc1cncc(-c2ccc(O)cc2)n1. The molecule has 2 N–H and O–H groups in total. The summed E-state index contributed by atoms with van der Waals surface area (Å²) in [4.78, 5) is 8.75. The molecule has 0 aliphatic rings. The van der Waals surface area contributed by atoms with Crippen molar-refractivity contribution in [3.05, 3.63) is 42.4 Å². The van der Waals surface area contributed by atoms with Crippen LogP contribution in [0.4, 0.5) is 0 Å². The molecule has 0 radical (unpaired) electrons. The van der Waals surface area contributed by atoms with Crippen LogP contribution in [0.1, 0.15) is 19.0 Å². The molecule has 0 aliphatic carbocycles. The van der Waals surface area contributed by atoms with Crippen molar-refractivity contribution in [3.8, 4) is 17.0 Å². The summed E-state index contributed by atoms with van der Waals surface area (Å²) in [7, 11) is 0. The number of aliphatic hydroxyl groups is 1. The van der Waals surface area contributed by atoms with E-state index >= 15 is 0 Å². The summed E-state index contributed by atoms with van der Waals surface area (Å²) in [6, 6.07) is 6.89. The Labute approximate surface area is 112 Å². The van der Waals surface area contributed by atoms with Crippen molar-refractivity contribution in [2.45, 2.75) is 19.8 Å². The van der Waals surface area contributed by atoms with Gasteiger partial charge in [0.2, 0.25) is 0 Å². The van der Waals surface area contributed by atoms with Gasteiger partial charge in [-0.2, -0.15) is 0 Å². The molecule has 1 atom stereocenters. The Kier molecular flexibility index (Phi) is 4.47. The fourth-order valence-corrected chi connectivity index (χ4v) is 1.91. The van der Waals surface area contributed by atoms with E-state index in [1.54, 1.807) is 24.5 Å². The lowest BCUT2D eigenvalue weighted by Gasteiger charge is -2.11. The van der Waals surface area contributed by atoms with Crippen molar-refractivity contribution in [2.75, 3.05) is 6.61 Å². The van der Waals surface area contributed by atoms with Crippen LogP contribution in [0.15, 0.2) is 36.7 Å². The van der Waals surface area contributed by atoms with Crippen molar-refractivity contribution >= 4 is 0 Å². The second-order valence-electron chi connectivity index (χ2n) is 4.60. The van der Waals surface area contributed by atoms with Crippen LogP contribution in [-0.2, 0) is 6.42 Å². The summed E-state index contributed by atoms with van der Waals surface area (Å²) in [6.07, 6.45) is 5.09. The Bertz CT molecular complexity index is 522. The second-order valence-corrected chi connectivity index (χ2v) is 4.60. The summed E-state index contributed by atoms with van der Waals surface area (Å²) in [5.74, 6) is 0.462. The monoisotopic (exact) mass is 258 g/mol. The Morgan fingerprint density at radius 3 is 2.53 bits per heavy atom. The Hall–Kier alpha value is -1.94. The lowest BCUT2D eigenvalue weighted by Crippen LogP contribution is -2.09. The van der Waals surface area contributed by atoms with Gasteiger partial charge in [-0.1, -0.05) is 13.3 Å². The normalized spacial score (nSPS) is 12.3. The molecule has 4 nitrogen and oxygen atoms in total. The third kappa shape index (κ3) is 3.51. The lowest BCUT2D eigenvalue weighted by atomic mass is 10.0. The zero-order chi connectivity index (χ0) is 13.7. The molecule has 19 heavy (non-hydrogen) atoms. The minimum atomic E-state index is 0.168. The molecule has 1 heterocycles. The maximum atomic E-state index is 9.28. The Morgan fingerprint density at radius 2 is 1.89 bits per heavy atom. The smallest absolute Gasteiger partial charge is 0.115 e. The molecule has 4 heteroatoms. The average molecular weight is 258 g/mol. The molecule has 2 aromatic rings. The van der Waals surface area contributed by atoms with Gasteiger partial charge in [-0.05, 0) is 36.6 Å². The first-order chi connectivity index (χ1) is 9.22. The highest BCUT2D eigenvalue weighted by Gasteiger charge is 2.08. The van der Waals surface area contributed by atoms with Crippen molar-refractivity contribution in [1.29, 1.82) is 0 Å². The molecular weight excluding hydrogens is 240 g/mol. The first-order valence-electron chi connectivity index (χ1n) is 6.44. The highest BCUT2D eigenvalue weighted by atomic mass is 16.3. The number of rotatable bonds is 5. The molecule has 0 amide bonds. The van der Waals surface area contributed by atoms with Crippen molar-refractivity contribution in [3.63, 3.8) is 0 Å². The number of aliphatic hydroxyl groups excluding tert-OH is 1. The molecule has 1 aromatic carbocycles. The van der Waals surface area contributed by atoms with Crippen LogP contribution in [-0.4, -0.2) is 26.8 Å². The van der Waals surface area contributed by atoms with Gasteiger partial charge in [-0.15, -0.1) is 0 Å². The third-order valence-electron chi connectivity index (χ3n) is 3.18. The predicted octanol–water partition coefficient (Wildman–Crippen LogP) is 2.41. The van der Waals surface area contributed by atoms with E-state index in [2.05, 4.69) is 16.9 Å². The van der Waals surface area contributed by atoms with Crippen LogP contribution in [0.3, 0.4) is 0 Å². The molecule has 0 fully saturated rings. The standard InChI is InChI=1S/C15H18N2O2/c1-2-11(10-18)7-13-8-16-9-15(17-13)12-3-5-14(19)6-4-12/h3-6,8-9,11,18-19H,2,7,10H2,1H3. The van der Waals surface area contributed by atoms with Gasteiger partial charge in [0.1, 0.15) is 5.75 Å². The molecular formula is C15H18N2O2. The predicted molar refractivity (Wildman–Crippen MR) is 73.7 cm³/mol. The molecule has 1 aromatic heterocycles. The number of nitrogens with zero attached hydrogens (tertiary/aromatic N) is 2. The van der Waals surface area contributed by atoms with Gasteiger partial charge >= 0.3 is 0 Å². The fourth-order valence-electron chi connectivity index (χ4n) is 1.91. The van der Waals surface area contributed by atoms with Crippen LogP contribution < -0.4 is 0 Å². The number of aromatic nitrogens is 2. The minimum Gasteiger partial charge on any atom is -0.508 e. The van der Waals surface area contributed by atoms with Crippen molar-refractivity contribution < 1.29 is 10.2 Å². The van der Waals surface area contributed by atoms with E-state index < -0.39 is 0 Å². The number of phenolic OH excluding ortho intramolecular Hbond substituents is 1. The van der Waals surface area contributed by atoms with Gasteiger partial charge in [0, 0.05) is 18.4 Å². The second kappa shape index (κ2) is 6.29. The number of phenols is 1. The molecule has 0 saturated carbocycles. The zero-order valence-corrected chi connectivity index (χ0v) is 11.0. The molecule has 2 rings (SSSR count). The van der Waals surface area contributed by atoms with Crippen LogP contribution in [0.2, 0.25) is 0 Å². The topological polar surface area (TPSA) is 66.2 Å². The number of benzene rings is 1. The highest BCUT2D eigenvalue weighted by Crippen LogP contribution is 2.20. The first kappa shape index (κ1) is 13.5. The van der Waals surface area contributed by atoms with Crippen molar-refractivity contribution in [1.82, 2.24) is 9.97 Å². The number of hydrogen-bond acceptors (Lipinski definition) is 4. The molecule has 0 saturated heterocycles. The van der Waals surface area contributed by atoms with E-state index in [1.165, 1.54) is 0 Å². The largest absolute Gasteiger partial charge is 0.508 e. The molecule has 0 aliphatic heterocycles. The molecule has 100 valence electrons. The Balaban J connectivity index is 2.21. The lowest BCUT2D eigenvalue weighted by molar-refractivity contribution is 0.221. The van der Waals surface area contributed by atoms with Crippen LogP contribution >= 0.6 is 0 Å². The maximum absolute atomic E-state index is 9.28. The summed E-state index contributed by atoms with van der Waals surface area (Å²) >= 11 is 0. The number of aromatic hydroxyl groups is 1. The maximum Gasteiger partial charge on any atom is 0.115 e. The average Bonchev–Trinajstić information content (AvgIpc) is 2.46. The van der Waals surface area contributed by atoms with Crippen LogP contribution in [0, 0.1) is 5.92 Å². The van der Waals surface area contributed by atoms with Gasteiger partial charge < -0.3 is 10.2 Å².